The van der Waals surface area contributed by atoms with E-state index in [-0.39, 0.29) is 0 Å². The molecule has 0 saturated carbocycles. The first-order chi connectivity index (χ1) is 9.68. The van der Waals surface area contributed by atoms with E-state index in [1.165, 1.54) is 4.31 Å². The van der Waals surface area contributed by atoms with Gasteiger partial charge in [0, 0.05) is 31.7 Å². The molecular weight excluding hydrogens is 276 g/mol. The van der Waals surface area contributed by atoms with Crippen molar-refractivity contribution in [2.75, 3.05) is 26.2 Å². The van der Waals surface area contributed by atoms with E-state index in [9.17, 15) is 8.42 Å². The second-order valence-electron chi connectivity index (χ2n) is 4.66. The second-order valence-corrected chi connectivity index (χ2v) is 6.60. The lowest BCUT2D eigenvalue weighted by molar-refractivity contribution is 0.360. The molecule has 6 heteroatoms. The van der Waals surface area contributed by atoms with Crippen LogP contribution < -0.4 is 5.32 Å². The maximum Gasteiger partial charge on any atom is 0.243 e. The smallest absolute Gasteiger partial charge is 0.243 e. The highest BCUT2D eigenvalue weighted by molar-refractivity contribution is 7.89. The summed E-state index contributed by atoms with van der Waals surface area (Å²) in [5, 5.41) is 3.15. The molecule has 3 rings (SSSR count). The maximum absolute atomic E-state index is 12.6. The zero-order chi connectivity index (χ0) is 14.0. The van der Waals surface area contributed by atoms with E-state index in [0.717, 1.165) is 5.56 Å². The number of piperazine rings is 1. The van der Waals surface area contributed by atoms with Crippen molar-refractivity contribution in [3.63, 3.8) is 0 Å². The Morgan fingerprint density at radius 1 is 1.10 bits per heavy atom. The molecule has 5 nitrogen and oxygen atoms in total. The fraction of sp³-hybridized carbons (Fsp3) is 0.286. The van der Waals surface area contributed by atoms with Gasteiger partial charge in [-0.3, -0.25) is 0 Å². The van der Waals surface area contributed by atoms with Gasteiger partial charge in [-0.2, -0.15) is 4.31 Å². The molecule has 1 fully saturated rings. The first kappa shape index (κ1) is 13.4. The fourth-order valence-electron chi connectivity index (χ4n) is 2.29. The predicted octanol–water partition coefficient (Wildman–Crippen LogP) is 1.54. The van der Waals surface area contributed by atoms with E-state index in [1.54, 1.807) is 30.5 Å². The zero-order valence-corrected chi connectivity index (χ0v) is 11.8. The van der Waals surface area contributed by atoms with Crippen LogP contribution in [-0.2, 0) is 10.0 Å². The third-order valence-electron chi connectivity index (χ3n) is 3.35. The number of benzene rings is 1. The molecular formula is C14H16N2O3S. The average molecular weight is 292 g/mol. The van der Waals surface area contributed by atoms with Crippen LogP contribution in [0.3, 0.4) is 0 Å². The van der Waals surface area contributed by atoms with Gasteiger partial charge in [-0.05, 0) is 24.3 Å². The molecule has 0 atom stereocenters. The molecule has 1 aliphatic heterocycles. The Bertz CT molecular complexity index is 674. The molecule has 20 heavy (non-hydrogen) atoms. The van der Waals surface area contributed by atoms with Gasteiger partial charge in [0.05, 0.1) is 11.2 Å². The van der Waals surface area contributed by atoms with Crippen LogP contribution in [-0.4, -0.2) is 38.9 Å². The Labute approximate surface area is 118 Å². The van der Waals surface area contributed by atoms with Gasteiger partial charge in [-0.1, -0.05) is 12.1 Å². The van der Waals surface area contributed by atoms with Crippen LogP contribution in [0.15, 0.2) is 52.0 Å². The number of hydrogen-bond donors (Lipinski definition) is 1. The minimum Gasteiger partial charge on any atom is -0.464 e. The topological polar surface area (TPSA) is 62.6 Å². The molecule has 0 spiro atoms. The van der Waals surface area contributed by atoms with E-state index in [4.69, 9.17) is 4.42 Å². The molecule has 2 aromatic rings. The van der Waals surface area contributed by atoms with Crippen molar-refractivity contribution >= 4 is 10.0 Å². The highest BCUT2D eigenvalue weighted by atomic mass is 32.2. The van der Waals surface area contributed by atoms with Crippen LogP contribution in [0.25, 0.3) is 11.3 Å². The largest absolute Gasteiger partial charge is 0.464 e. The van der Waals surface area contributed by atoms with E-state index >= 15 is 0 Å². The summed E-state index contributed by atoms with van der Waals surface area (Å²) in [7, 11) is -3.42. The Morgan fingerprint density at radius 2 is 1.90 bits per heavy atom. The molecule has 1 N–H and O–H groups in total. The highest BCUT2D eigenvalue weighted by Crippen LogP contribution is 2.24. The van der Waals surface area contributed by atoms with Gasteiger partial charge in [0.2, 0.25) is 10.0 Å². The van der Waals surface area contributed by atoms with Crippen molar-refractivity contribution in [3.05, 3.63) is 42.7 Å². The molecule has 2 heterocycles. The Hall–Kier alpha value is -1.63. The van der Waals surface area contributed by atoms with Crippen LogP contribution in [0, 0.1) is 0 Å². The minimum atomic E-state index is -3.42. The molecule has 0 aliphatic carbocycles. The van der Waals surface area contributed by atoms with Crippen molar-refractivity contribution in [1.82, 2.24) is 9.62 Å². The Kier molecular flexibility index (Phi) is 3.60. The summed E-state index contributed by atoms with van der Waals surface area (Å²) in [6, 6.07) is 10.5. The quantitative estimate of drug-likeness (QED) is 0.932. The lowest BCUT2D eigenvalue weighted by atomic mass is 10.2. The van der Waals surface area contributed by atoms with Gasteiger partial charge < -0.3 is 9.73 Å². The summed E-state index contributed by atoms with van der Waals surface area (Å²) in [6.45, 7) is 2.40. The molecule has 1 saturated heterocycles. The number of hydrogen-bond acceptors (Lipinski definition) is 4. The molecule has 0 amide bonds. The monoisotopic (exact) mass is 292 g/mol. The summed E-state index contributed by atoms with van der Waals surface area (Å²) < 4.78 is 32.0. The lowest BCUT2D eigenvalue weighted by Gasteiger charge is -2.26. The summed E-state index contributed by atoms with van der Waals surface area (Å²) >= 11 is 0. The highest BCUT2D eigenvalue weighted by Gasteiger charge is 2.26. The molecule has 106 valence electrons. The van der Waals surface area contributed by atoms with Crippen LogP contribution >= 0.6 is 0 Å². The second kappa shape index (κ2) is 5.40. The molecule has 0 radical (unpaired) electrons. The first-order valence-corrected chi connectivity index (χ1v) is 7.97. The zero-order valence-electron chi connectivity index (χ0n) is 11.0. The summed E-state index contributed by atoms with van der Waals surface area (Å²) in [4.78, 5) is 0.313. The predicted molar refractivity (Wildman–Crippen MR) is 75.8 cm³/mol. The molecule has 0 unspecified atom stereocenters. The number of nitrogens with one attached hydrogen (secondary N) is 1. The van der Waals surface area contributed by atoms with Gasteiger partial charge in [-0.25, -0.2) is 8.42 Å². The minimum absolute atomic E-state index is 0.313. The van der Waals surface area contributed by atoms with Gasteiger partial charge in [0.15, 0.2) is 0 Å². The summed E-state index contributed by atoms with van der Waals surface area (Å²) in [5.41, 5.74) is 0.770. The van der Waals surface area contributed by atoms with Crippen molar-refractivity contribution < 1.29 is 12.8 Å². The van der Waals surface area contributed by atoms with Crippen molar-refractivity contribution in [2.24, 2.45) is 0 Å². The van der Waals surface area contributed by atoms with Crippen molar-refractivity contribution in [3.8, 4) is 11.3 Å². The van der Waals surface area contributed by atoms with Crippen molar-refractivity contribution in [2.45, 2.75) is 4.90 Å². The molecule has 1 aromatic carbocycles. The summed E-state index contributed by atoms with van der Waals surface area (Å²) in [5.74, 6) is 0.669. The van der Waals surface area contributed by atoms with Crippen LogP contribution in [0.2, 0.25) is 0 Å². The summed E-state index contributed by atoms with van der Waals surface area (Å²) in [6.07, 6.45) is 1.58. The standard InChI is InChI=1S/C14H16N2O3S/c17-20(18,16-8-6-15-7-9-16)13-4-1-3-12(11-13)14-5-2-10-19-14/h1-5,10-11,15H,6-9H2. The first-order valence-electron chi connectivity index (χ1n) is 6.53. The van der Waals surface area contributed by atoms with E-state index in [1.807, 2.05) is 12.1 Å². The molecule has 1 aliphatic rings. The molecule has 1 aromatic heterocycles. The van der Waals surface area contributed by atoms with Crippen molar-refractivity contribution in [1.29, 1.82) is 0 Å². The number of furan rings is 1. The number of sulfonamides is 1. The van der Waals surface area contributed by atoms with Gasteiger partial charge in [0.1, 0.15) is 5.76 Å². The SMILES string of the molecule is O=S(=O)(c1cccc(-c2ccco2)c1)N1CCNCC1. The molecule has 0 bridgehead atoms. The van der Waals surface area contributed by atoms with Crippen LogP contribution in [0.1, 0.15) is 0 Å². The van der Waals surface area contributed by atoms with E-state index in [0.29, 0.717) is 36.8 Å². The average Bonchev–Trinajstić information content (AvgIpc) is 3.03. The van der Waals surface area contributed by atoms with E-state index in [2.05, 4.69) is 5.32 Å². The van der Waals surface area contributed by atoms with E-state index < -0.39 is 10.0 Å². The Morgan fingerprint density at radius 3 is 2.60 bits per heavy atom. The third-order valence-corrected chi connectivity index (χ3v) is 5.25. The number of nitrogens with zero attached hydrogens (tertiary/aromatic N) is 1. The maximum atomic E-state index is 12.6. The number of rotatable bonds is 3. The van der Waals surface area contributed by atoms with Crippen LogP contribution in [0.4, 0.5) is 0 Å². The third kappa shape index (κ3) is 2.49. The van der Waals surface area contributed by atoms with Gasteiger partial charge in [-0.15, -0.1) is 0 Å². The van der Waals surface area contributed by atoms with Gasteiger partial charge in [0.25, 0.3) is 0 Å². The fourth-order valence-corrected chi connectivity index (χ4v) is 3.77. The Balaban J connectivity index is 1.95. The van der Waals surface area contributed by atoms with Gasteiger partial charge >= 0.3 is 0 Å². The van der Waals surface area contributed by atoms with Crippen LogP contribution in [0.5, 0.6) is 0 Å². The lowest BCUT2D eigenvalue weighted by Crippen LogP contribution is -2.46. The normalized spacial score (nSPS) is 17.2.